The highest BCUT2D eigenvalue weighted by molar-refractivity contribution is 5.83. The van der Waals surface area contributed by atoms with Crippen LogP contribution in [0.1, 0.15) is 63.0 Å². The Morgan fingerprint density at radius 1 is 1.17 bits per heavy atom. The van der Waals surface area contributed by atoms with Crippen molar-refractivity contribution in [3.05, 3.63) is 35.4 Å². The van der Waals surface area contributed by atoms with Gasteiger partial charge in [-0.2, -0.15) is 0 Å². The van der Waals surface area contributed by atoms with E-state index in [1.165, 1.54) is 43.2 Å². The van der Waals surface area contributed by atoms with E-state index in [-0.39, 0.29) is 5.92 Å². The Balaban J connectivity index is 2.20. The van der Waals surface area contributed by atoms with E-state index < -0.39 is 0 Å². The maximum atomic E-state index is 12.0. The highest BCUT2D eigenvalue weighted by Crippen LogP contribution is 2.36. The van der Waals surface area contributed by atoms with Crippen LogP contribution in [0, 0.1) is 5.92 Å². The molecule has 1 fully saturated rings. The average molecular weight is 244 g/mol. The second-order valence-corrected chi connectivity index (χ2v) is 5.58. The molecule has 0 aliphatic heterocycles. The summed E-state index contributed by atoms with van der Waals surface area (Å²) in [6.07, 6.45) is 7.44. The molecule has 0 heterocycles. The number of carbonyl (C=O) groups excluding carboxylic acids is 1. The van der Waals surface area contributed by atoms with Crippen molar-refractivity contribution in [1.82, 2.24) is 0 Å². The van der Waals surface area contributed by atoms with Crippen molar-refractivity contribution in [2.45, 2.75) is 58.3 Å². The first kappa shape index (κ1) is 13.3. The molecule has 1 heteroatoms. The molecule has 1 aromatic carbocycles. The molecule has 1 nitrogen and oxygen atoms in total. The van der Waals surface area contributed by atoms with Gasteiger partial charge in [0.1, 0.15) is 5.78 Å². The lowest BCUT2D eigenvalue weighted by Crippen LogP contribution is -2.22. The van der Waals surface area contributed by atoms with Crippen molar-refractivity contribution in [2.75, 3.05) is 0 Å². The Hall–Kier alpha value is -1.11. The van der Waals surface area contributed by atoms with E-state index in [0.29, 0.717) is 11.7 Å². The molecule has 0 aromatic heterocycles. The largest absolute Gasteiger partial charge is 0.299 e. The van der Waals surface area contributed by atoms with Crippen molar-refractivity contribution in [2.24, 2.45) is 5.92 Å². The Morgan fingerprint density at radius 3 is 2.28 bits per heavy atom. The minimum atomic E-state index is 0.135. The first-order valence-electron chi connectivity index (χ1n) is 7.31. The SMILES string of the molecule is CCc1ccc(C(C(C)=O)C2CCCCC2)cc1. The quantitative estimate of drug-likeness (QED) is 0.762. The predicted octanol–water partition coefficient (Wildman–Crippen LogP) is 4.50. The van der Waals surface area contributed by atoms with E-state index in [2.05, 4.69) is 31.2 Å². The van der Waals surface area contributed by atoms with Gasteiger partial charge in [0.2, 0.25) is 0 Å². The van der Waals surface area contributed by atoms with Gasteiger partial charge in [-0.1, -0.05) is 50.5 Å². The van der Waals surface area contributed by atoms with E-state index in [1.54, 1.807) is 6.92 Å². The van der Waals surface area contributed by atoms with Crippen LogP contribution >= 0.6 is 0 Å². The monoisotopic (exact) mass is 244 g/mol. The Bertz CT molecular complexity index is 385. The number of carbonyl (C=O) groups is 1. The fourth-order valence-corrected chi connectivity index (χ4v) is 3.27. The number of benzene rings is 1. The normalized spacial score (nSPS) is 18.6. The van der Waals surface area contributed by atoms with Crippen molar-refractivity contribution in [3.63, 3.8) is 0 Å². The molecule has 1 aliphatic carbocycles. The van der Waals surface area contributed by atoms with Gasteiger partial charge in [-0.3, -0.25) is 4.79 Å². The maximum Gasteiger partial charge on any atom is 0.137 e. The molecule has 0 amide bonds. The van der Waals surface area contributed by atoms with Crippen molar-refractivity contribution < 1.29 is 4.79 Å². The number of hydrogen-bond acceptors (Lipinski definition) is 1. The molecule has 18 heavy (non-hydrogen) atoms. The van der Waals surface area contributed by atoms with Crippen molar-refractivity contribution in [1.29, 1.82) is 0 Å². The van der Waals surface area contributed by atoms with Crippen molar-refractivity contribution in [3.8, 4) is 0 Å². The summed E-state index contributed by atoms with van der Waals surface area (Å²) in [6, 6.07) is 8.68. The molecule has 0 N–H and O–H groups in total. The van der Waals surface area contributed by atoms with Gasteiger partial charge < -0.3 is 0 Å². The molecule has 1 atom stereocenters. The summed E-state index contributed by atoms with van der Waals surface area (Å²) in [5.74, 6) is 1.05. The zero-order chi connectivity index (χ0) is 13.0. The minimum absolute atomic E-state index is 0.135. The molecule has 0 saturated heterocycles. The summed E-state index contributed by atoms with van der Waals surface area (Å²) in [4.78, 5) is 12.0. The van der Waals surface area contributed by atoms with Gasteiger partial charge in [0, 0.05) is 5.92 Å². The molecular formula is C17H24O. The van der Waals surface area contributed by atoms with Gasteiger partial charge in [-0.25, -0.2) is 0 Å². The molecule has 0 spiro atoms. The molecule has 98 valence electrons. The molecular weight excluding hydrogens is 220 g/mol. The maximum absolute atomic E-state index is 12.0. The first-order chi connectivity index (χ1) is 8.72. The van der Waals surface area contributed by atoms with E-state index in [4.69, 9.17) is 0 Å². The highest BCUT2D eigenvalue weighted by Gasteiger charge is 2.28. The average Bonchev–Trinajstić information content (AvgIpc) is 2.40. The van der Waals surface area contributed by atoms with Crippen LogP contribution in [0.5, 0.6) is 0 Å². The second kappa shape index (κ2) is 6.17. The molecule has 2 rings (SSSR count). The molecule has 1 saturated carbocycles. The van der Waals surface area contributed by atoms with Crippen LogP contribution in [0.4, 0.5) is 0 Å². The van der Waals surface area contributed by atoms with Crippen molar-refractivity contribution >= 4 is 5.78 Å². The number of Topliss-reactive ketones (excluding diaryl/α,β-unsaturated/α-hetero) is 1. The zero-order valence-corrected chi connectivity index (χ0v) is 11.6. The van der Waals surface area contributed by atoms with E-state index in [1.807, 2.05) is 0 Å². The smallest absolute Gasteiger partial charge is 0.137 e. The summed E-state index contributed by atoms with van der Waals surface area (Å²) < 4.78 is 0. The zero-order valence-electron chi connectivity index (χ0n) is 11.6. The van der Waals surface area contributed by atoms with E-state index >= 15 is 0 Å². The third-order valence-corrected chi connectivity index (χ3v) is 4.31. The summed E-state index contributed by atoms with van der Waals surface area (Å²) in [5, 5.41) is 0. The number of rotatable bonds is 4. The van der Waals surface area contributed by atoms with Gasteiger partial charge in [-0.05, 0) is 43.2 Å². The lowest BCUT2D eigenvalue weighted by atomic mass is 9.75. The summed E-state index contributed by atoms with van der Waals surface area (Å²) in [7, 11) is 0. The second-order valence-electron chi connectivity index (χ2n) is 5.58. The standard InChI is InChI=1S/C17H24O/c1-3-14-9-11-16(12-10-14)17(13(2)18)15-7-5-4-6-8-15/h9-12,15,17H,3-8H2,1-2H3. The highest BCUT2D eigenvalue weighted by atomic mass is 16.1. The lowest BCUT2D eigenvalue weighted by Gasteiger charge is -2.29. The van der Waals surface area contributed by atoms with Gasteiger partial charge in [-0.15, -0.1) is 0 Å². The predicted molar refractivity (Wildman–Crippen MR) is 75.8 cm³/mol. The molecule has 1 unspecified atom stereocenters. The van der Waals surface area contributed by atoms with Crippen LogP contribution in [0.15, 0.2) is 24.3 Å². The van der Waals surface area contributed by atoms with Gasteiger partial charge in [0.25, 0.3) is 0 Å². The lowest BCUT2D eigenvalue weighted by molar-refractivity contribution is -0.119. The number of aryl methyl sites for hydroxylation is 1. The molecule has 0 radical (unpaired) electrons. The van der Waals surface area contributed by atoms with Crippen LogP contribution in [0.2, 0.25) is 0 Å². The van der Waals surface area contributed by atoms with Gasteiger partial charge in [0.15, 0.2) is 0 Å². The van der Waals surface area contributed by atoms with Crippen LogP contribution in [-0.2, 0) is 11.2 Å². The van der Waals surface area contributed by atoms with Crippen LogP contribution in [0.25, 0.3) is 0 Å². The van der Waals surface area contributed by atoms with Crippen LogP contribution < -0.4 is 0 Å². The van der Waals surface area contributed by atoms with E-state index in [9.17, 15) is 4.79 Å². The summed E-state index contributed by atoms with van der Waals surface area (Å²) in [6.45, 7) is 3.92. The first-order valence-corrected chi connectivity index (χ1v) is 7.31. The fourth-order valence-electron chi connectivity index (χ4n) is 3.27. The number of ketones is 1. The van der Waals surface area contributed by atoms with Gasteiger partial charge >= 0.3 is 0 Å². The Labute approximate surface area is 111 Å². The summed E-state index contributed by atoms with van der Waals surface area (Å²) in [5.41, 5.74) is 2.58. The Kier molecular flexibility index (Phi) is 4.57. The number of hydrogen-bond donors (Lipinski definition) is 0. The molecule has 1 aliphatic rings. The fraction of sp³-hybridized carbons (Fsp3) is 0.588. The third kappa shape index (κ3) is 3.01. The van der Waals surface area contributed by atoms with Crippen LogP contribution in [-0.4, -0.2) is 5.78 Å². The van der Waals surface area contributed by atoms with Gasteiger partial charge in [0.05, 0.1) is 0 Å². The summed E-state index contributed by atoms with van der Waals surface area (Å²) >= 11 is 0. The Morgan fingerprint density at radius 2 is 1.78 bits per heavy atom. The van der Waals surface area contributed by atoms with E-state index in [0.717, 1.165) is 6.42 Å². The van der Waals surface area contributed by atoms with Crippen LogP contribution in [0.3, 0.4) is 0 Å². The minimum Gasteiger partial charge on any atom is -0.299 e. The molecule has 1 aromatic rings. The third-order valence-electron chi connectivity index (χ3n) is 4.31. The topological polar surface area (TPSA) is 17.1 Å². The molecule has 0 bridgehead atoms.